The fraction of sp³-hybridized carbons (Fsp3) is 0.154. The van der Waals surface area contributed by atoms with Crippen LogP contribution in [0.2, 0.25) is 0 Å². The molecule has 1 aromatic carbocycles. The van der Waals surface area contributed by atoms with E-state index in [0.29, 0.717) is 22.3 Å². The summed E-state index contributed by atoms with van der Waals surface area (Å²) in [5, 5.41) is 1.27. The van der Waals surface area contributed by atoms with Crippen LogP contribution in [0.4, 0.5) is 0 Å². The summed E-state index contributed by atoms with van der Waals surface area (Å²) in [6.45, 7) is 1.82. The van der Waals surface area contributed by atoms with Crippen LogP contribution in [0.3, 0.4) is 0 Å². The largest absolute Gasteiger partial charge is 0.497 e. The Balaban J connectivity index is 2.53. The summed E-state index contributed by atoms with van der Waals surface area (Å²) in [5.74, 6) is 0.642. The molecule has 0 amide bonds. The van der Waals surface area contributed by atoms with E-state index in [1.165, 1.54) is 0 Å². The molecule has 0 aliphatic carbocycles. The number of methoxy groups -OCH3 is 1. The van der Waals surface area contributed by atoms with Gasteiger partial charge in [0.15, 0.2) is 5.58 Å². The first-order valence-corrected chi connectivity index (χ1v) is 5.19. The summed E-state index contributed by atoms with van der Waals surface area (Å²) in [4.78, 5) is 11.8. The maximum Gasteiger partial charge on any atom is 0.347 e. The van der Waals surface area contributed by atoms with E-state index in [1.807, 2.05) is 13.0 Å². The predicted octanol–water partition coefficient (Wildman–Crippen LogP) is 2.86. The number of hydrogen-bond donors (Lipinski definition) is 0. The number of ether oxygens (including phenoxy) is 1. The Hall–Kier alpha value is -2.23. The second-order valence-electron chi connectivity index (χ2n) is 3.87. The molecule has 0 N–H and O–H groups in total. The number of aryl methyl sites for hydroxylation is 1. The van der Waals surface area contributed by atoms with E-state index in [2.05, 4.69) is 0 Å². The van der Waals surface area contributed by atoms with E-state index in [0.717, 1.165) is 10.9 Å². The number of fused-ring (bicyclic) bond motifs is 3. The highest BCUT2D eigenvalue weighted by atomic mass is 16.5. The van der Waals surface area contributed by atoms with Crippen molar-refractivity contribution in [3.05, 3.63) is 40.4 Å². The van der Waals surface area contributed by atoms with Gasteiger partial charge in [-0.25, -0.2) is 4.79 Å². The molecule has 0 bridgehead atoms. The van der Waals surface area contributed by atoms with Gasteiger partial charge in [-0.15, -0.1) is 0 Å². The van der Waals surface area contributed by atoms with Gasteiger partial charge in [-0.05, 0) is 19.1 Å². The van der Waals surface area contributed by atoms with Gasteiger partial charge >= 0.3 is 5.63 Å². The lowest BCUT2D eigenvalue weighted by atomic mass is 10.1. The van der Waals surface area contributed by atoms with Crippen molar-refractivity contribution in [2.75, 3.05) is 7.11 Å². The van der Waals surface area contributed by atoms with Crippen LogP contribution in [-0.2, 0) is 0 Å². The Kier molecular flexibility index (Phi) is 1.98. The van der Waals surface area contributed by atoms with Crippen LogP contribution < -0.4 is 10.4 Å². The van der Waals surface area contributed by atoms with E-state index < -0.39 is 0 Å². The molecular formula is C13H10O4. The van der Waals surface area contributed by atoms with Crippen molar-refractivity contribution in [1.82, 2.24) is 0 Å². The topological polar surface area (TPSA) is 52.6 Å². The van der Waals surface area contributed by atoms with Crippen LogP contribution in [0.5, 0.6) is 5.75 Å². The van der Waals surface area contributed by atoms with Crippen LogP contribution in [0.25, 0.3) is 21.9 Å². The standard InChI is InChI=1S/C13H10O4/c1-7-6-16-12-9-4-3-8(15-2)5-10(9)17-13(14)11(7)12/h3-6H,1-2H3. The first-order valence-electron chi connectivity index (χ1n) is 5.19. The highest BCUT2D eigenvalue weighted by Crippen LogP contribution is 2.28. The molecular weight excluding hydrogens is 220 g/mol. The Bertz CT molecular complexity index is 764. The minimum Gasteiger partial charge on any atom is -0.497 e. The van der Waals surface area contributed by atoms with Gasteiger partial charge in [0, 0.05) is 11.6 Å². The summed E-state index contributed by atoms with van der Waals surface area (Å²) in [6, 6.07) is 5.30. The highest BCUT2D eigenvalue weighted by molar-refractivity contribution is 6.02. The summed E-state index contributed by atoms with van der Waals surface area (Å²) in [6.07, 6.45) is 1.56. The SMILES string of the molecule is COc1ccc2c(c1)oc(=O)c1c(C)coc12. The van der Waals surface area contributed by atoms with Crippen LogP contribution in [0, 0.1) is 6.92 Å². The first-order chi connectivity index (χ1) is 8.20. The number of rotatable bonds is 1. The van der Waals surface area contributed by atoms with Gasteiger partial charge in [0.1, 0.15) is 16.7 Å². The molecule has 2 aromatic heterocycles. The minimum absolute atomic E-state index is 0.382. The van der Waals surface area contributed by atoms with Crippen molar-refractivity contribution in [3.8, 4) is 5.75 Å². The second kappa shape index (κ2) is 3.38. The van der Waals surface area contributed by atoms with Crippen molar-refractivity contribution in [3.63, 3.8) is 0 Å². The molecule has 0 atom stereocenters. The molecule has 0 unspecified atom stereocenters. The molecule has 0 aliphatic heterocycles. The molecule has 2 heterocycles. The summed E-state index contributed by atoms with van der Waals surface area (Å²) < 4.78 is 15.8. The molecule has 4 nitrogen and oxygen atoms in total. The van der Waals surface area contributed by atoms with Gasteiger partial charge < -0.3 is 13.6 Å². The molecule has 0 saturated carbocycles. The van der Waals surface area contributed by atoms with Gasteiger partial charge in [-0.3, -0.25) is 0 Å². The van der Waals surface area contributed by atoms with Crippen molar-refractivity contribution >= 4 is 21.9 Å². The monoisotopic (exact) mass is 230 g/mol. The van der Waals surface area contributed by atoms with Crippen molar-refractivity contribution in [2.24, 2.45) is 0 Å². The first kappa shape index (κ1) is 9.96. The highest BCUT2D eigenvalue weighted by Gasteiger charge is 2.13. The normalized spacial score (nSPS) is 11.2. The number of furan rings is 1. The molecule has 4 heteroatoms. The lowest BCUT2D eigenvalue weighted by molar-refractivity contribution is 0.414. The number of benzene rings is 1. The second-order valence-corrected chi connectivity index (χ2v) is 3.87. The van der Waals surface area contributed by atoms with Crippen molar-refractivity contribution in [1.29, 1.82) is 0 Å². The summed E-state index contributed by atoms with van der Waals surface area (Å²) in [7, 11) is 1.56. The maximum atomic E-state index is 11.8. The van der Waals surface area contributed by atoms with Crippen LogP contribution in [-0.4, -0.2) is 7.11 Å². The molecule has 3 aromatic rings. The fourth-order valence-corrected chi connectivity index (χ4v) is 1.95. The van der Waals surface area contributed by atoms with E-state index in [1.54, 1.807) is 25.5 Å². The average molecular weight is 230 g/mol. The molecule has 0 saturated heterocycles. The summed E-state index contributed by atoms with van der Waals surface area (Å²) in [5.41, 5.74) is 1.44. The molecule has 3 rings (SSSR count). The van der Waals surface area contributed by atoms with E-state index in [4.69, 9.17) is 13.6 Å². The Labute approximate surface area is 96.4 Å². The van der Waals surface area contributed by atoms with Crippen LogP contribution >= 0.6 is 0 Å². The van der Waals surface area contributed by atoms with Crippen LogP contribution in [0.15, 0.2) is 38.1 Å². The lowest BCUT2D eigenvalue weighted by Crippen LogP contribution is -1.99. The molecule has 0 radical (unpaired) electrons. The lowest BCUT2D eigenvalue weighted by Gasteiger charge is -2.01. The Morgan fingerprint density at radius 1 is 1.29 bits per heavy atom. The molecule has 0 fully saturated rings. The predicted molar refractivity (Wildman–Crippen MR) is 63.5 cm³/mol. The Morgan fingerprint density at radius 2 is 2.12 bits per heavy atom. The van der Waals surface area contributed by atoms with Gasteiger partial charge in [0.05, 0.1) is 18.8 Å². The smallest absolute Gasteiger partial charge is 0.347 e. The quantitative estimate of drug-likeness (QED) is 0.603. The zero-order chi connectivity index (χ0) is 12.0. The maximum absolute atomic E-state index is 11.8. The van der Waals surface area contributed by atoms with Gasteiger partial charge in [-0.2, -0.15) is 0 Å². The summed E-state index contributed by atoms with van der Waals surface area (Å²) >= 11 is 0. The van der Waals surface area contributed by atoms with Crippen LogP contribution in [0.1, 0.15) is 5.56 Å². The molecule has 86 valence electrons. The zero-order valence-corrected chi connectivity index (χ0v) is 9.44. The van der Waals surface area contributed by atoms with E-state index in [9.17, 15) is 4.79 Å². The molecule has 17 heavy (non-hydrogen) atoms. The van der Waals surface area contributed by atoms with Gasteiger partial charge in [0.25, 0.3) is 0 Å². The Morgan fingerprint density at radius 3 is 2.88 bits per heavy atom. The third-order valence-corrected chi connectivity index (χ3v) is 2.82. The number of hydrogen-bond acceptors (Lipinski definition) is 4. The average Bonchev–Trinajstić information content (AvgIpc) is 2.71. The minimum atomic E-state index is -0.382. The fourth-order valence-electron chi connectivity index (χ4n) is 1.95. The van der Waals surface area contributed by atoms with E-state index in [-0.39, 0.29) is 5.63 Å². The van der Waals surface area contributed by atoms with Crippen molar-refractivity contribution < 1.29 is 13.6 Å². The van der Waals surface area contributed by atoms with Crippen molar-refractivity contribution in [2.45, 2.75) is 6.92 Å². The third kappa shape index (κ3) is 1.34. The third-order valence-electron chi connectivity index (χ3n) is 2.82. The van der Waals surface area contributed by atoms with Gasteiger partial charge in [-0.1, -0.05) is 0 Å². The van der Waals surface area contributed by atoms with E-state index >= 15 is 0 Å². The molecule has 0 spiro atoms. The zero-order valence-electron chi connectivity index (χ0n) is 9.44. The van der Waals surface area contributed by atoms with Gasteiger partial charge in [0.2, 0.25) is 0 Å². The molecule has 0 aliphatic rings.